The van der Waals surface area contributed by atoms with Crippen LogP contribution in [0.1, 0.15) is 18.4 Å². The first-order valence-corrected chi connectivity index (χ1v) is 5.94. The number of nitriles is 1. The van der Waals surface area contributed by atoms with Crippen molar-refractivity contribution in [1.29, 1.82) is 5.26 Å². The topological polar surface area (TPSA) is 96.4 Å². The molecule has 19 heavy (non-hydrogen) atoms. The third-order valence-electron chi connectivity index (χ3n) is 3.39. The highest BCUT2D eigenvalue weighted by Crippen LogP contribution is 2.33. The van der Waals surface area contributed by atoms with E-state index in [-0.39, 0.29) is 11.3 Å². The highest BCUT2D eigenvalue weighted by molar-refractivity contribution is 6.20. The molecular weight excluding hydrogens is 246 g/mol. The van der Waals surface area contributed by atoms with Crippen molar-refractivity contribution >= 4 is 23.2 Å². The van der Waals surface area contributed by atoms with Gasteiger partial charge < -0.3 is 10.5 Å². The lowest BCUT2D eigenvalue weighted by atomic mass is 10.1. The van der Waals surface area contributed by atoms with Gasteiger partial charge in [0.15, 0.2) is 0 Å². The molecule has 2 saturated heterocycles. The van der Waals surface area contributed by atoms with E-state index in [0.717, 1.165) is 4.90 Å². The molecule has 2 atom stereocenters. The van der Waals surface area contributed by atoms with Crippen LogP contribution in [-0.2, 0) is 14.3 Å². The Morgan fingerprint density at radius 2 is 1.89 bits per heavy atom. The van der Waals surface area contributed by atoms with E-state index >= 15 is 0 Å². The Hall–Kier alpha value is -2.39. The lowest BCUT2D eigenvalue weighted by Gasteiger charge is -2.30. The Kier molecular flexibility index (Phi) is 2.50. The van der Waals surface area contributed by atoms with Crippen molar-refractivity contribution in [3.63, 3.8) is 0 Å². The van der Waals surface area contributed by atoms with Crippen LogP contribution in [-0.4, -0.2) is 24.0 Å². The molecular formula is C13H11N3O3. The van der Waals surface area contributed by atoms with Crippen LogP contribution in [0.15, 0.2) is 18.2 Å². The van der Waals surface area contributed by atoms with E-state index in [0.29, 0.717) is 18.5 Å². The Morgan fingerprint density at radius 1 is 1.26 bits per heavy atom. The van der Waals surface area contributed by atoms with Crippen LogP contribution in [0.5, 0.6) is 0 Å². The van der Waals surface area contributed by atoms with Crippen LogP contribution in [0.25, 0.3) is 0 Å². The van der Waals surface area contributed by atoms with Gasteiger partial charge in [0.05, 0.1) is 11.3 Å². The number of carbonyl (C=O) groups is 2. The number of nitrogens with two attached hydrogens (primary N) is 1. The summed E-state index contributed by atoms with van der Waals surface area (Å²) in [6.45, 7) is 0. The average molecular weight is 257 g/mol. The zero-order valence-corrected chi connectivity index (χ0v) is 10.00. The molecule has 2 unspecified atom stereocenters. The van der Waals surface area contributed by atoms with Gasteiger partial charge in [-0.05, 0) is 31.0 Å². The van der Waals surface area contributed by atoms with Gasteiger partial charge in [-0.2, -0.15) is 5.26 Å². The van der Waals surface area contributed by atoms with Crippen molar-refractivity contribution in [1.82, 2.24) is 0 Å². The fourth-order valence-electron chi connectivity index (χ4n) is 2.47. The number of carbonyl (C=O) groups excluding carboxylic acids is 2. The summed E-state index contributed by atoms with van der Waals surface area (Å²) in [6.07, 6.45) is -0.0656. The van der Waals surface area contributed by atoms with Crippen molar-refractivity contribution in [3.05, 3.63) is 23.8 Å². The molecule has 0 spiro atoms. The van der Waals surface area contributed by atoms with Crippen molar-refractivity contribution in [2.45, 2.75) is 25.0 Å². The molecule has 6 nitrogen and oxygen atoms in total. The van der Waals surface area contributed by atoms with Gasteiger partial charge in [-0.15, -0.1) is 0 Å². The Labute approximate surface area is 109 Å². The molecule has 0 radical (unpaired) electrons. The number of nitrogen functional groups attached to an aromatic ring is 1. The van der Waals surface area contributed by atoms with Gasteiger partial charge >= 0.3 is 0 Å². The maximum absolute atomic E-state index is 12.2. The highest BCUT2D eigenvalue weighted by Gasteiger charge is 2.47. The fraction of sp³-hybridized carbons (Fsp3) is 0.308. The first kappa shape index (κ1) is 11.7. The van der Waals surface area contributed by atoms with E-state index in [1.165, 1.54) is 12.1 Å². The summed E-state index contributed by atoms with van der Waals surface area (Å²) in [7, 11) is 0. The average Bonchev–Trinajstić information content (AvgIpc) is 2.85. The number of morpholine rings is 1. The molecule has 2 aliphatic heterocycles. The Morgan fingerprint density at radius 3 is 2.47 bits per heavy atom. The van der Waals surface area contributed by atoms with E-state index in [4.69, 9.17) is 15.7 Å². The molecule has 0 saturated carbocycles. The summed E-state index contributed by atoms with van der Waals surface area (Å²) < 4.78 is 5.32. The number of hydrogen-bond acceptors (Lipinski definition) is 5. The number of imide groups is 1. The van der Waals surface area contributed by atoms with Gasteiger partial charge in [0.1, 0.15) is 18.3 Å². The SMILES string of the molecule is N#Cc1cc(N)ccc1N1C(=O)C2CCC(O2)C1=O. The normalized spacial score (nSPS) is 25.5. The predicted molar refractivity (Wildman–Crippen MR) is 66.0 cm³/mol. The van der Waals surface area contributed by atoms with Crippen LogP contribution < -0.4 is 10.6 Å². The second-order valence-corrected chi connectivity index (χ2v) is 4.59. The third-order valence-corrected chi connectivity index (χ3v) is 3.39. The van der Waals surface area contributed by atoms with Crippen molar-refractivity contribution < 1.29 is 14.3 Å². The lowest BCUT2D eigenvalue weighted by molar-refractivity contribution is -0.146. The molecule has 96 valence electrons. The standard InChI is InChI=1S/C13H11N3O3/c14-6-7-5-8(15)1-2-9(7)16-12(17)10-3-4-11(19-10)13(16)18/h1-2,5,10-11H,3-4,15H2. The number of anilines is 2. The minimum absolute atomic E-state index is 0.211. The second-order valence-electron chi connectivity index (χ2n) is 4.59. The Balaban J connectivity index is 2.09. The fourth-order valence-corrected chi connectivity index (χ4v) is 2.47. The van der Waals surface area contributed by atoms with Crippen LogP contribution in [0.3, 0.4) is 0 Å². The number of ether oxygens (including phenoxy) is 1. The van der Waals surface area contributed by atoms with Gasteiger partial charge in [0.25, 0.3) is 11.8 Å². The molecule has 2 fully saturated rings. The minimum atomic E-state index is -0.577. The van der Waals surface area contributed by atoms with Crippen LogP contribution in [0, 0.1) is 11.3 Å². The molecule has 0 aliphatic carbocycles. The number of amides is 2. The highest BCUT2D eigenvalue weighted by atomic mass is 16.5. The summed E-state index contributed by atoms with van der Waals surface area (Å²) in [6, 6.07) is 6.50. The second kappa shape index (κ2) is 4.07. The summed E-state index contributed by atoms with van der Waals surface area (Å²) in [5.74, 6) is -0.806. The molecule has 6 heteroatoms. The third kappa shape index (κ3) is 1.67. The Bertz CT molecular complexity index is 598. The van der Waals surface area contributed by atoms with E-state index < -0.39 is 24.0 Å². The van der Waals surface area contributed by atoms with Crippen molar-refractivity contribution in [2.75, 3.05) is 10.6 Å². The monoisotopic (exact) mass is 257 g/mol. The molecule has 1 aromatic carbocycles. The van der Waals surface area contributed by atoms with Gasteiger partial charge in [0.2, 0.25) is 0 Å². The maximum Gasteiger partial charge on any atom is 0.263 e. The molecule has 0 aromatic heterocycles. The molecule has 2 amide bonds. The smallest absolute Gasteiger partial charge is 0.263 e. The van der Waals surface area contributed by atoms with Gasteiger partial charge in [-0.3, -0.25) is 9.59 Å². The molecule has 2 heterocycles. The van der Waals surface area contributed by atoms with E-state index in [1.807, 2.05) is 6.07 Å². The van der Waals surface area contributed by atoms with Crippen LogP contribution in [0.4, 0.5) is 11.4 Å². The first-order chi connectivity index (χ1) is 9.11. The molecule has 1 aromatic rings. The molecule has 2 N–H and O–H groups in total. The quantitative estimate of drug-likeness (QED) is 0.585. The molecule has 2 aliphatic rings. The number of nitrogens with zero attached hydrogens (tertiary/aromatic N) is 2. The van der Waals surface area contributed by atoms with E-state index in [2.05, 4.69) is 0 Å². The van der Waals surface area contributed by atoms with Gasteiger partial charge in [-0.25, -0.2) is 4.90 Å². The number of benzene rings is 1. The van der Waals surface area contributed by atoms with Gasteiger partial charge in [0, 0.05) is 5.69 Å². The zero-order valence-electron chi connectivity index (χ0n) is 10.00. The first-order valence-electron chi connectivity index (χ1n) is 5.94. The van der Waals surface area contributed by atoms with Crippen molar-refractivity contribution in [3.8, 4) is 6.07 Å². The van der Waals surface area contributed by atoms with E-state index in [1.54, 1.807) is 6.07 Å². The summed E-state index contributed by atoms with van der Waals surface area (Å²) in [5, 5.41) is 9.11. The summed E-state index contributed by atoms with van der Waals surface area (Å²) in [4.78, 5) is 25.4. The number of fused-ring (bicyclic) bond motifs is 2. The van der Waals surface area contributed by atoms with Gasteiger partial charge in [-0.1, -0.05) is 0 Å². The number of rotatable bonds is 1. The largest absolute Gasteiger partial charge is 0.399 e. The van der Waals surface area contributed by atoms with Crippen LogP contribution >= 0.6 is 0 Å². The minimum Gasteiger partial charge on any atom is -0.399 e. The number of hydrogen-bond donors (Lipinski definition) is 1. The van der Waals surface area contributed by atoms with Crippen LogP contribution in [0.2, 0.25) is 0 Å². The predicted octanol–water partition coefficient (Wildman–Crippen LogP) is 0.561. The molecule has 3 rings (SSSR count). The maximum atomic E-state index is 12.2. The molecule has 2 bridgehead atoms. The summed E-state index contributed by atoms with van der Waals surface area (Å²) in [5.41, 5.74) is 6.51. The summed E-state index contributed by atoms with van der Waals surface area (Å²) >= 11 is 0. The lowest BCUT2D eigenvalue weighted by Crippen LogP contribution is -2.52. The zero-order chi connectivity index (χ0) is 13.6. The van der Waals surface area contributed by atoms with Crippen molar-refractivity contribution in [2.24, 2.45) is 0 Å². The van der Waals surface area contributed by atoms with E-state index in [9.17, 15) is 9.59 Å².